The number of sulfonamides is 1. The smallest absolute Gasteiger partial charge is 0.262 e. The van der Waals surface area contributed by atoms with Crippen molar-refractivity contribution in [1.82, 2.24) is 18.8 Å². The van der Waals surface area contributed by atoms with Gasteiger partial charge in [0.1, 0.15) is 0 Å². The molecule has 7 nitrogen and oxygen atoms in total. The van der Waals surface area contributed by atoms with Crippen LogP contribution in [0.1, 0.15) is 13.3 Å². The number of nitrogen functional groups attached to an aromatic ring is 1. The predicted octanol–water partition coefficient (Wildman–Crippen LogP) is -0.281. The standard InChI is InChI=1S/C11H21N5O2S/c1-3-4-15-5-7-16(8-6-15)19(17,18)11-10(12)13-9-14(11)2/h9H,3-8,12H2,1-2H3. The minimum absolute atomic E-state index is 0.0680. The number of anilines is 1. The van der Waals surface area contributed by atoms with Gasteiger partial charge in [-0.3, -0.25) is 0 Å². The summed E-state index contributed by atoms with van der Waals surface area (Å²) in [5.41, 5.74) is 5.66. The molecular formula is C11H21N5O2S. The SMILES string of the molecule is CCCN1CCN(S(=O)(=O)c2c(N)ncn2C)CC1. The molecule has 2 rings (SSSR count). The van der Waals surface area contributed by atoms with Crippen LogP contribution in [0.15, 0.2) is 11.4 Å². The topological polar surface area (TPSA) is 84.5 Å². The molecule has 0 spiro atoms. The number of nitrogens with two attached hydrogens (primary N) is 1. The Morgan fingerprint density at radius 2 is 1.95 bits per heavy atom. The van der Waals surface area contributed by atoms with Crippen molar-refractivity contribution < 1.29 is 8.42 Å². The molecule has 1 aliphatic rings. The summed E-state index contributed by atoms with van der Waals surface area (Å²) in [6.07, 6.45) is 2.51. The van der Waals surface area contributed by atoms with Gasteiger partial charge in [0, 0.05) is 33.2 Å². The molecule has 0 radical (unpaired) electrons. The Morgan fingerprint density at radius 1 is 1.32 bits per heavy atom. The Bertz CT molecular complexity index is 512. The summed E-state index contributed by atoms with van der Waals surface area (Å²) < 4.78 is 28.0. The first kappa shape index (κ1) is 14.3. The monoisotopic (exact) mass is 287 g/mol. The van der Waals surface area contributed by atoms with Crippen LogP contribution in [0, 0.1) is 0 Å². The second kappa shape index (κ2) is 5.48. The van der Waals surface area contributed by atoms with Crippen molar-refractivity contribution in [2.24, 2.45) is 7.05 Å². The molecule has 0 atom stereocenters. The fraction of sp³-hybridized carbons (Fsp3) is 0.727. The average molecular weight is 287 g/mol. The number of aryl methyl sites for hydroxylation is 1. The van der Waals surface area contributed by atoms with Crippen LogP contribution in [0.5, 0.6) is 0 Å². The van der Waals surface area contributed by atoms with Crippen LogP contribution in [-0.2, 0) is 17.1 Å². The van der Waals surface area contributed by atoms with Gasteiger partial charge in [0.05, 0.1) is 6.33 Å². The normalized spacial score (nSPS) is 18.8. The van der Waals surface area contributed by atoms with Gasteiger partial charge in [0.2, 0.25) is 0 Å². The first-order valence-electron chi connectivity index (χ1n) is 6.46. The third-order valence-electron chi connectivity index (χ3n) is 3.36. The predicted molar refractivity (Wildman–Crippen MR) is 73.1 cm³/mol. The summed E-state index contributed by atoms with van der Waals surface area (Å²) in [5.74, 6) is 0.0680. The Labute approximate surface area is 114 Å². The van der Waals surface area contributed by atoms with E-state index in [-0.39, 0.29) is 10.8 Å². The van der Waals surface area contributed by atoms with E-state index >= 15 is 0 Å². The lowest BCUT2D eigenvalue weighted by Gasteiger charge is -2.33. The highest BCUT2D eigenvalue weighted by Gasteiger charge is 2.32. The number of piperazine rings is 1. The van der Waals surface area contributed by atoms with Crippen molar-refractivity contribution in [2.45, 2.75) is 18.4 Å². The zero-order chi connectivity index (χ0) is 14.0. The Hall–Kier alpha value is -1.12. The second-order valence-electron chi connectivity index (χ2n) is 4.79. The molecule has 19 heavy (non-hydrogen) atoms. The highest BCUT2D eigenvalue weighted by Crippen LogP contribution is 2.21. The lowest BCUT2D eigenvalue weighted by atomic mass is 10.3. The van der Waals surface area contributed by atoms with E-state index < -0.39 is 10.0 Å². The number of imidazole rings is 1. The number of aromatic nitrogens is 2. The van der Waals surface area contributed by atoms with E-state index in [9.17, 15) is 8.42 Å². The lowest BCUT2D eigenvalue weighted by Crippen LogP contribution is -2.49. The van der Waals surface area contributed by atoms with E-state index in [2.05, 4.69) is 16.8 Å². The quantitative estimate of drug-likeness (QED) is 0.823. The highest BCUT2D eigenvalue weighted by atomic mass is 32.2. The van der Waals surface area contributed by atoms with Crippen molar-refractivity contribution in [2.75, 3.05) is 38.5 Å². The minimum Gasteiger partial charge on any atom is -0.381 e. The van der Waals surface area contributed by atoms with Gasteiger partial charge < -0.3 is 15.2 Å². The maximum Gasteiger partial charge on any atom is 0.262 e. The lowest BCUT2D eigenvalue weighted by molar-refractivity contribution is 0.188. The van der Waals surface area contributed by atoms with Crippen molar-refractivity contribution in [3.63, 3.8) is 0 Å². The van der Waals surface area contributed by atoms with E-state index in [1.807, 2.05) is 0 Å². The van der Waals surface area contributed by atoms with Gasteiger partial charge in [-0.1, -0.05) is 6.92 Å². The molecule has 0 bridgehead atoms. The summed E-state index contributed by atoms with van der Waals surface area (Å²) in [5, 5.41) is 0.0939. The van der Waals surface area contributed by atoms with Gasteiger partial charge in [-0.15, -0.1) is 0 Å². The van der Waals surface area contributed by atoms with Gasteiger partial charge in [-0.05, 0) is 13.0 Å². The molecule has 0 saturated carbocycles. The number of rotatable bonds is 4. The summed E-state index contributed by atoms with van der Waals surface area (Å²) in [4.78, 5) is 6.12. The third-order valence-corrected chi connectivity index (χ3v) is 5.40. The third kappa shape index (κ3) is 2.75. The minimum atomic E-state index is -3.54. The van der Waals surface area contributed by atoms with Gasteiger partial charge in [-0.25, -0.2) is 13.4 Å². The van der Waals surface area contributed by atoms with Gasteiger partial charge >= 0.3 is 0 Å². The summed E-state index contributed by atoms with van der Waals surface area (Å²) in [6.45, 7) is 5.69. The van der Waals surface area contributed by atoms with E-state index in [0.29, 0.717) is 13.1 Å². The van der Waals surface area contributed by atoms with E-state index in [1.165, 1.54) is 15.2 Å². The number of nitrogens with zero attached hydrogens (tertiary/aromatic N) is 4. The Morgan fingerprint density at radius 3 is 2.42 bits per heavy atom. The zero-order valence-electron chi connectivity index (χ0n) is 11.4. The molecule has 0 unspecified atom stereocenters. The molecule has 1 aliphatic heterocycles. The molecule has 8 heteroatoms. The average Bonchev–Trinajstić information content (AvgIpc) is 2.70. The molecule has 1 aromatic heterocycles. The molecule has 2 heterocycles. The van der Waals surface area contributed by atoms with Crippen molar-refractivity contribution in [1.29, 1.82) is 0 Å². The van der Waals surface area contributed by atoms with E-state index in [1.54, 1.807) is 7.05 Å². The van der Waals surface area contributed by atoms with Gasteiger partial charge in [-0.2, -0.15) is 4.31 Å². The molecule has 108 valence electrons. The van der Waals surface area contributed by atoms with Crippen molar-refractivity contribution >= 4 is 15.8 Å². The fourth-order valence-electron chi connectivity index (χ4n) is 2.38. The zero-order valence-corrected chi connectivity index (χ0v) is 12.2. The molecule has 1 fully saturated rings. The highest BCUT2D eigenvalue weighted by molar-refractivity contribution is 7.89. The van der Waals surface area contributed by atoms with Crippen LogP contribution >= 0.6 is 0 Å². The van der Waals surface area contributed by atoms with Gasteiger partial charge in [0.15, 0.2) is 10.8 Å². The van der Waals surface area contributed by atoms with Crippen LogP contribution < -0.4 is 5.73 Å². The van der Waals surface area contributed by atoms with Crippen LogP contribution in [0.2, 0.25) is 0 Å². The first-order chi connectivity index (χ1) is 8.96. The first-order valence-corrected chi connectivity index (χ1v) is 7.90. The maximum atomic E-state index is 12.5. The van der Waals surface area contributed by atoms with Crippen LogP contribution in [0.4, 0.5) is 5.82 Å². The summed E-state index contributed by atoms with van der Waals surface area (Å²) in [7, 11) is -1.89. The molecule has 0 amide bonds. The fourth-order valence-corrected chi connectivity index (χ4v) is 4.00. The van der Waals surface area contributed by atoms with Crippen LogP contribution in [-0.4, -0.2) is 59.9 Å². The van der Waals surface area contributed by atoms with E-state index in [0.717, 1.165) is 26.1 Å². The van der Waals surface area contributed by atoms with Crippen LogP contribution in [0.25, 0.3) is 0 Å². The Kier molecular flexibility index (Phi) is 4.12. The second-order valence-corrected chi connectivity index (χ2v) is 6.64. The van der Waals surface area contributed by atoms with Crippen molar-refractivity contribution in [3.05, 3.63) is 6.33 Å². The molecule has 1 aromatic rings. The molecule has 1 saturated heterocycles. The largest absolute Gasteiger partial charge is 0.381 e. The number of hydrogen-bond donors (Lipinski definition) is 1. The molecular weight excluding hydrogens is 266 g/mol. The van der Waals surface area contributed by atoms with Crippen LogP contribution in [0.3, 0.4) is 0 Å². The molecule has 2 N–H and O–H groups in total. The van der Waals surface area contributed by atoms with Crippen molar-refractivity contribution in [3.8, 4) is 0 Å². The maximum absolute atomic E-state index is 12.5. The summed E-state index contributed by atoms with van der Waals surface area (Å²) in [6, 6.07) is 0. The Balaban J connectivity index is 2.15. The summed E-state index contributed by atoms with van der Waals surface area (Å²) >= 11 is 0. The van der Waals surface area contributed by atoms with E-state index in [4.69, 9.17) is 5.73 Å². The molecule has 0 aliphatic carbocycles. The number of hydrogen-bond acceptors (Lipinski definition) is 5. The molecule has 0 aromatic carbocycles. The van der Waals surface area contributed by atoms with Gasteiger partial charge in [0.25, 0.3) is 10.0 Å².